The van der Waals surface area contributed by atoms with Crippen molar-refractivity contribution >= 4 is 29.1 Å². The monoisotopic (exact) mass is 571 g/mol. The van der Waals surface area contributed by atoms with E-state index >= 15 is 0 Å². The molecule has 1 amide bonds. The van der Waals surface area contributed by atoms with E-state index in [-0.39, 0.29) is 34.1 Å². The van der Waals surface area contributed by atoms with E-state index < -0.39 is 41.3 Å². The molecule has 3 aromatic rings. The molecule has 1 unspecified atom stereocenters. The minimum absolute atomic E-state index is 0.0883. The molecular weight excluding hydrogens is 547 g/mol. The van der Waals surface area contributed by atoms with E-state index in [9.17, 15) is 27.9 Å². The van der Waals surface area contributed by atoms with Crippen LogP contribution in [-0.4, -0.2) is 41.0 Å². The molecule has 2 heterocycles. The molecule has 0 radical (unpaired) electrons. The third-order valence-corrected chi connectivity index (χ3v) is 7.29. The smallest absolute Gasteiger partial charge is 0.416 e. The molecule has 0 bridgehead atoms. The molecule has 208 valence electrons. The van der Waals surface area contributed by atoms with Gasteiger partial charge >= 0.3 is 6.18 Å². The molecule has 0 aromatic heterocycles. The quantitative estimate of drug-likeness (QED) is 0.207. The Balaban J connectivity index is 1.61. The summed E-state index contributed by atoms with van der Waals surface area (Å²) in [5, 5.41) is 11.8. The summed E-state index contributed by atoms with van der Waals surface area (Å²) >= 11 is 6.24. The Hall–Kier alpha value is -3.82. The number of ketones is 1. The van der Waals surface area contributed by atoms with Gasteiger partial charge in [0.15, 0.2) is 0 Å². The zero-order valence-corrected chi connectivity index (χ0v) is 21.9. The van der Waals surface area contributed by atoms with E-state index in [1.165, 1.54) is 23.1 Å². The second-order valence-electron chi connectivity index (χ2n) is 9.58. The highest BCUT2D eigenvalue weighted by Gasteiger charge is 2.49. The number of alkyl halides is 3. The van der Waals surface area contributed by atoms with Gasteiger partial charge in [0, 0.05) is 24.3 Å². The Morgan fingerprint density at radius 1 is 1.00 bits per heavy atom. The topological polar surface area (TPSA) is 76.1 Å². The molecule has 40 heavy (non-hydrogen) atoms. The Kier molecular flexibility index (Phi) is 7.87. The molecule has 1 atom stereocenters. The number of halogens is 4. The van der Waals surface area contributed by atoms with Crippen LogP contribution in [0.25, 0.3) is 5.76 Å². The zero-order chi connectivity index (χ0) is 28.4. The van der Waals surface area contributed by atoms with Gasteiger partial charge < -0.3 is 19.5 Å². The van der Waals surface area contributed by atoms with Crippen molar-refractivity contribution in [2.24, 2.45) is 0 Å². The highest BCUT2D eigenvalue weighted by molar-refractivity contribution is 6.46. The Labute approximate surface area is 233 Å². The highest BCUT2D eigenvalue weighted by atomic mass is 35.5. The van der Waals surface area contributed by atoms with Gasteiger partial charge in [0.1, 0.15) is 18.1 Å². The fourth-order valence-electron chi connectivity index (χ4n) is 5.07. The van der Waals surface area contributed by atoms with Crippen LogP contribution in [0.2, 0.25) is 5.02 Å². The largest absolute Gasteiger partial charge is 0.507 e. The van der Waals surface area contributed by atoms with E-state index in [1.807, 2.05) is 30.3 Å². The van der Waals surface area contributed by atoms with E-state index in [4.69, 9.17) is 21.1 Å². The Morgan fingerprint density at radius 3 is 2.33 bits per heavy atom. The second-order valence-corrected chi connectivity index (χ2v) is 10.0. The average molecular weight is 572 g/mol. The molecule has 10 heteroatoms. The number of aliphatic hydroxyl groups is 1. The fraction of sp³-hybridized carbons (Fsp3) is 0.267. The normalized spacial score (nSPS) is 19.7. The molecule has 2 aliphatic rings. The standard InChI is InChI=1S/C30H25ClF3NO5/c31-21-10-11-24(40-17-18-4-2-1-3-5-18)23(16-21)27(36)25-26(19-6-8-20(9-7-19)30(32,33)34)35(29(38)28(25)37)22-12-14-39-15-13-22/h1-11,16,22,26,36H,12-15,17H2. The number of ether oxygens (including phenoxy) is 2. The predicted octanol–water partition coefficient (Wildman–Crippen LogP) is 6.54. The van der Waals surface area contributed by atoms with Crippen molar-refractivity contribution in [3.8, 4) is 5.75 Å². The van der Waals surface area contributed by atoms with Gasteiger partial charge in [-0.2, -0.15) is 13.2 Å². The molecule has 2 saturated heterocycles. The van der Waals surface area contributed by atoms with E-state index in [2.05, 4.69) is 0 Å². The molecule has 6 nitrogen and oxygen atoms in total. The lowest BCUT2D eigenvalue weighted by molar-refractivity contribution is -0.142. The van der Waals surface area contributed by atoms with Gasteiger partial charge in [0.25, 0.3) is 11.7 Å². The summed E-state index contributed by atoms with van der Waals surface area (Å²) < 4.78 is 51.2. The van der Waals surface area contributed by atoms with E-state index in [0.29, 0.717) is 26.1 Å². The first-order valence-electron chi connectivity index (χ1n) is 12.7. The van der Waals surface area contributed by atoms with Crippen molar-refractivity contribution in [2.75, 3.05) is 13.2 Å². The first kappa shape index (κ1) is 27.7. The van der Waals surface area contributed by atoms with Crippen molar-refractivity contribution in [3.63, 3.8) is 0 Å². The molecular formula is C30H25ClF3NO5. The number of benzene rings is 3. The van der Waals surface area contributed by atoms with Crippen LogP contribution in [0.3, 0.4) is 0 Å². The number of carbonyl (C=O) groups is 2. The van der Waals surface area contributed by atoms with Gasteiger partial charge in [-0.05, 0) is 54.3 Å². The van der Waals surface area contributed by atoms with Gasteiger partial charge in [-0.15, -0.1) is 0 Å². The minimum atomic E-state index is -4.56. The summed E-state index contributed by atoms with van der Waals surface area (Å²) in [6.45, 7) is 0.875. The summed E-state index contributed by atoms with van der Waals surface area (Å²) in [4.78, 5) is 28.2. The van der Waals surface area contributed by atoms with E-state index in [1.54, 1.807) is 12.1 Å². The summed E-state index contributed by atoms with van der Waals surface area (Å²) in [6.07, 6.45) is -3.69. The van der Waals surface area contributed by atoms with Crippen molar-refractivity contribution in [2.45, 2.75) is 37.7 Å². The summed E-state index contributed by atoms with van der Waals surface area (Å²) in [7, 11) is 0. The van der Waals surface area contributed by atoms with Crippen molar-refractivity contribution in [3.05, 3.63) is 106 Å². The lowest BCUT2D eigenvalue weighted by Gasteiger charge is -2.35. The molecule has 5 rings (SSSR count). The Morgan fingerprint density at radius 2 is 1.68 bits per heavy atom. The van der Waals surface area contributed by atoms with Crippen LogP contribution in [-0.2, 0) is 27.1 Å². The van der Waals surface area contributed by atoms with Crippen LogP contribution in [0.1, 0.15) is 41.1 Å². The molecule has 2 fully saturated rings. The van der Waals surface area contributed by atoms with Gasteiger partial charge in [-0.1, -0.05) is 54.1 Å². The van der Waals surface area contributed by atoms with Gasteiger partial charge in [0.05, 0.1) is 22.7 Å². The van der Waals surface area contributed by atoms with Gasteiger partial charge in [0.2, 0.25) is 0 Å². The molecule has 3 aromatic carbocycles. The number of hydrogen-bond donors (Lipinski definition) is 1. The number of Topliss-reactive ketones (excluding diaryl/α,β-unsaturated/α-hetero) is 1. The lowest BCUT2D eigenvalue weighted by Crippen LogP contribution is -2.42. The van der Waals surface area contributed by atoms with Crippen LogP contribution in [0, 0.1) is 0 Å². The molecule has 1 N–H and O–H groups in total. The first-order valence-corrected chi connectivity index (χ1v) is 13.0. The van der Waals surface area contributed by atoms with Gasteiger partial charge in [-0.25, -0.2) is 0 Å². The highest BCUT2D eigenvalue weighted by Crippen LogP contribution is 2.44. The predicted molar refractivity (Wildman–Crippen MR) is 142 cm³/mol. The number of rotatable bonds is 6. The molecule has 0 aliphatic carbocycles. The van der Waals surface area contributed by atoms with Crippen LogP contribution in [0.15, 0.2) is 78.4 Å². The van der Waals surface area contributed by atoms with Crippen LogP contribution in [0.4, 0.5) is 13.2 Å². The number of nitrogens with zero attached hydrogens (tertiary/aromatic N) is 1. The summed E-state index contributed by atoms with van der Waals surface area (Å²) in [6, 6.07) is 16.5. The average Bonchev–Trinajstić information content (AvgIpc) is 3.22. The van der Waals surface area contributed by atoms with Crippen molar-refractivity contribution in [1.82, 2.24) is 4.90 Å². The zero-order valence-electron chi connectivity index (χ0n) is 21.2. The summed E-state index contributed by atoms with van der Waals surface area (Å²) in [5.74, 6) is -2.09. The lowest BCUT2D eigenvalue weighted by atomic mass is 9.93. The van der Waals surface area contributed by atoms with Crippen LogP contribution < -0.4 is 4.74 Å². The van der Waals surface area contributed by atoms with E-state index in [0.717, 1.165) is 17.7 Å². The first-order chi connectivity index (χ1) is 19.1. The molecule has 2 aliphatic heterocycles. The van der Waals surface area contributed by atoms with Crippen molar-refractivity contribution < 1.29 is 37.3 Å². The maximum atomic E-state index is 13.5. The number of aliphatic hydroxyl groups excluding tert-OH is 1. The van der Waals surface area contributed by atoms with Crippen LogP contribution >= 0.6 is 11.6 Å². The number of carbonyl (C=O) groups excluding carboxylic acids is 2. The Bertz CT molecular complexity index is 1430. The summed E-state index contributed by atoms with van der Waals surface area (Å²) in [5.41, 5.74) is 0.0871. The fourth-order valence-corrected chi connectivity index (χ4v) is 5.24. The number of amides is 1. The van der Waals surface area contributed by atoms with Crippen molar-refractivity contribution in [1.29, 1.82) is 0 Å². The van der Waals surface area contributed by atoms with Gasteiger partial charge in [-0.3, -0.25) is 9.59 Å². The third kappa shape index (κ3) is 5.57. The maximum Gasteiger partial charge on any atom is 0.416 e. The molecule has 0 spiro atoms. The SMILES string of the molecule is O=C1C(=O)N(C2CCOCC2)C(c2ccc(C(F)(F)F)cc2)C1=C(O)c1cc(Cl)ccc1OCc1ccccc1. The molecule has 0 saturated carbocycles. The van der Waals surface area contributed by atoms with Crippen LogP contribution in [0.5, 0.6) is 5.75 Å². The number of hydrogen-bond acceptors (Lipinski definition) is 5. The maximum absolute atomic E-state index is 13.5. The third-order valence-electron chi connectivity index (χ3n) is 7.05. The second kappa shape index (κ2) is 11.3. The number of likely N-dealkylation sites (tertiary alicyclic amines) is 1. The minimum Gasteiger partial charge on any atom is -0.507 e.